The maximum atomic E-state index is 9.83. The van der Waals surface area contributed by atoms with E-state index in [0.717, 1.165) is 11.4 Å². The lowest BCUT2D eigenvalue weighted by molar-refractivity contribution is 0.191. The number of hydrogen-bond donors (Lipinski definition) is 1. The molecule has 16 heavy (non-hydrogen) atoms. The van der Waals surface area contributed by atoms with Crippen molar-refractivity contribution in [2.24, 2.45) is 0 Å². The second-order valence-electron chi connectivity index (χ2n) is 4.26. The number of aliphatic hydroxyl groups is 1. The summed E-state index contributed by atoms with van der Waals surface area (Å²) in [5.41, 5.74) is 2.44. The lowest BCUT2D eigenvalue weighted by Gasteiger charge is -2.09. The number of halogens is 1. The zero-order valence-electron chi connectivity index (χ0n) is 9.61. The third kappa shape index (κ3) is 1.70. The summed E-state index contributed by atoms with van der Waals surface area (Å²) in [6.45, 7) is 5.86. The molecule has 0 fully saturated rings. The van der Waals surface area contributed by atoms with Crippen molar-refractivity contribution >= 4 is 17.2 Å². The van der Waals surface area contributed by atoms with Crippen LogP contribution in [-0.2, 0) is 0 Å². The minimum absolute atomic E-state index is 0.264. The molecule has 0 aliphatic heterocycles. The molecule has 86 valence electrons. The largest absolute Gasteiger partial charge is 0.387 e. The quantitative estimate of drug-likeness (QED) is 0.873. The zero-order valence-corrected chi connectivity index (χ0v) is 10.4. The van der Waals surface area contributed by atoms with Crippen molar-refractivity contribution in [2.45, 2.75) is 32.8 Å². The molecular weight excluding hydrogens is 224 g/mol. The van der Waals surface area contributed by atoms with Crippen LogP contribution in [0.5, 0.6) is 0 Å². The predicted octanol–water partition coefficient (Wildman–Crippen LogP) is 3.16. The van der Waals surface area contributed by atoms with Gasteiger partial charge in [-0.15, -0.1) is 0 Å². The van der Waals surface area contributed by atoms with Crippen molar-refractivity contribution < 1.29 is 5.11 Å². The molecule has 0 amide bonds. The predicted molar refractivity (Wildman–Crippen MR) is 64.9 cm³/mol. The Morgan fingerprint density at radius 2 is 2.06 bits per heavy atom. The van der Waals surface area contributed by atoms with E-state index in [0.29, 0.717) is 10.7 Å². The van der Waals surface area contributed by atoms with Crippen molar-refractivity contribution in [2.75, 3.05) is 0 Å². The summed E-state index contributed by atoms with van der Waals surface area (Å²) in [7, 11) is 0. The van der Waals surface area contributed by atoms with Crippen LogP contribution < -0.4 is 0 Å². The molecule has 0 bridgehead atoms. The van der Waals surface area contributed by atoms with Gasteiger partial charge in [0.1, 0.15) is 0 Å². The highest BCUT2D eigenvalue weighted by molar-refractivity contribution is 6.33. The molecule has 0 radical (unpaired) electrons. The number of aliphatic hydroxyl groups excluding tert-OH is 1. The number of aromatic nitrogens is 2. The fraction of sp³-hybridized carbons (Fsp3) is 0.417. The molecule has 3 nitrogen and oxygen atoms in total. The molecule has 0 aliphatic rings. The van der Waals surface area contributed by atoms with Crippen LogP contribution in [0.15, 0.2) is 18.3 Å². The fourth-order valence-corrected chi connectivity index (χ4v) is 2.12. The third-order valence-electron chi connectivity index (χ3n) is 2.61. The molecule has 2 aromatic rings. The number of pyridine rings is 1. The maximum Gasteiger partial charge on any atom is 0.156 e. The normalized spacial score (nSPS) is 13.6. The molecule has 4 heteroatoms. The Kier molecular flexibility index (Phi) is 2.91. The van der Waals surface area contributed by atoms with Gasteiger partial charge in [-0.1, -0.05) is 25.4 Å². The minimum atomic E-state index is -0.550. The molecule has 0 saturated carbocycles. The Hall–Kier alpha value is -1.06. The number of imidazole rings is 1. The first-order valence-corrected chi connectivity index (χ1v) is 5.74. The van der Waals surface area contributed by atoms with E-state index in [2.05, 4.69) is 18.8 Å². The summed E-state index contributed by atoms with van der Waals surface area (Å²) < 4.78 is 1.86. The van der Waals surface area contributed by atoms with Gasteiger partial charge in [0.2, 0.25) is 0 Å². The highest BCUT2D eigenvalue weighted by Gasteiger charge is 2.19. The molecular formula is C12H15ClN2O. The van der Waals surface area contributed by atoms with Crippen molar-refractivity contribution in [3.05, 3.63) is 34.7 Å². The van der Waals surface area contributed by atoms with Gasteiger partial charge in [-0.05, 0) is 25.0 Å². The molecule has 0 aromatic carbocycles. The first kappa shape index (κ1) is 11.4. The Bertz CT molecular complexity index is 517. The van der Waals surface area contributed by atoms with E-state index < -0.39 is 6.10 Å². The Balaban J connectivity index is 2.81. The van der Waals surface area contributed by atoms with Gasteiger partial charge in [0.15, 0.2) is 5.65 Å². The van der Waals surface area contributed by atoms with Crippen LogP contribution in [0.25, 0.3) is 5.65 Å². The topological polar surface area (TPSA) is 37.5 Å². The second-order valence-corrected chi connectivity index (χ2v) is 4.67. The maximum absolute atomic E-state index is 9.83. The van der Waals surface area contributed by atoms with Gasteiger partial charge in [-0.25, -0.2) is 4.98 Å². The van der Waals surface area contributed by atoms with E-state index in [-0.39, 0.29) is 5.92 Å². The van der Waals surface area contributed by atoms with Gasteiger partial charge in [0.05, 0.1) is 22.5 Å². The SMILES string of the molecule is CC(C)c1nc2c(Cl)cccn2c1C(C)O. The summed E-state index contributed by atoms with van der Waals surface area (Å²) in [4.78, 5) is 4.50. The van der Waals surface area contributed by atoms with E-state index >= 15 is 0 Å². The smallest absolute Gasteiger partial charge is 0.156 e. The van der Waals surface area contributed by atoms with Gasteiger partial charge in [0, 0.05) is 6.20 Å². The monoisotopic (exact) mass is 238 g/mol. The lowest BCUT2D eigenvalue weighted by Crippen LogP contribution is -2.02. The highest BCUT2D eigenvalue weighted by Crippen LogP contribution is 2.28. The lowest BCUT2D eigenvalue weighted by atomic mass is 10.1. The second kappa shape index (κ2) is 4.07. The van der Waals surface area contributed by atoms with Crippen LogP contribution in [-0.4, -0.2) is 14.5 Å². The van der Waals surface area contributed by atoms with Gasteiger partial charge in [0.25, 0.3) is 0 Å². The standard InChI is InChI=1S/C12H15ClN2O/c1-7(2)10-11(8(3)16)15-6-4-5-9(13)12(15)14-10/h4-8,16H,1-3H3. The molecule has 2 aromatic heterocycles. The average molecular weight is 239 g/mol. The number of nitrogens with zero attached hydrogens (tertiary/aromatic N) is 2. The number of fused-ring (bicyclic) bond motifs is 1. The summed E-state index contributed by atoms with van der Waals surface area (Å²) >= 11 is 6.09. The molecule has 1 atom stereocenters. The number of rotatable bonds is 2. The molecule has 2 rings (SSSR count). The third-order valence-corrected chi connectivity index (χ3v) is 2.91. The van der Waals surface area contributed by atoms with Gasteiger partial charge < -0.3 is 5.11 Å². The average Bonchev–Trinajstić information content (AvgIpc) is 2.58. The van der Waals surface area contributed by atoms with Crippen LogP contribution in [0.4, 0.5) is 0 Å². The van der Waals surface area contributed by atoms with Crippen LogP contribution in [0.2, 0.25) is 5.02 Å². The van der Waals surface area contributed by atoms with E-state index in [1.165, 1.54) is 0 Å². The van der Waals surface area contributed by atoms with E-state index in [9.17, 15) is 5.11 Å². The molecule has 0 aliphatic carbocycles. The summed E-state index contributed by atoms with van der Waals surface area (Å²) in [6.07, 6.45) is 1.33. The van der Waals surface area contributed by atoms with Gasteiger partial charge >= 0.3 is 0 Å². The summed E-state index contributed by atoms with van der Waals surface area (Å²) in [5.74, 6) is 0.264. The van der Waals surface area contributed by atoms with Crippen LogP contribution in [0, 0.1) is 0 Å². The Morgan fingerprint density at radius 1 is 1.38 bits per heavy atom. The molecule has 1 unspecified atom stereocenters. The molecule has 0 spiro atoms. The van der Waals surface area contributed by atoms with Crippen molar-refractivity contribution in [3.63, 3.8) is 0 Å². The van der Waals surface area contributed by atoms with Crippen LogP contribution in [0.3, 0.4) is 0 Å². The van der Waals surface area contributed by atoms with Gasteiger partial charge in [-0.2, -0.15) is 0 Å². The minimum Gasteiger partial charge on any atom is -0.387 e. The highest BCUT2D eigenvalue weighted by atomic mass is 35.5. The number of hydrogen-bond acceptors (Lipinski definition) is 2. The Labute approximate surface area is 99.7 Å². The van der Waals surface area contributed by atoms with Gasteiger partial charge in [-0.3, -0.25) is 4.40 Å². The van der Waals surface area contributed by atoms with Crippen LogP contribution in [0.1, 0.15) is 44.2 Å². The molecule has 0 saturated heterocycles. The fourth-order valence-electron chi connectivity index (χ4n) is 1.91. The van der Waals surface area contributed by atoms with Crippen molar-refractivity contribution in [1.82, 2.24) is 9.38 Å². The Morgan fingerprint density at radius 3 is 2.62 bits per heavy atom. The zero-order chi connectivity index (χ0) is 11.9. The van der Waals surface area contributed by atoms with Crippen LogP contribution >= 0.6 is 11.6 Å². The van der Waals surface area contributed by atoms with E-state index in [1.807, 2.05) is 16.7 Å². The first-order valence-electron chi connectivity index (χ1n) is 5.36. The van der Waals surface area contributed by atoms with E-state index in [4.69, 9.17) is 11.6 Å². The first-order chi connectivity index (χ1) is 7.52. The van der Waals surface area contributed by atoms with Crippen molar-refractivity contribution in [1.29, 1.82) is 0 Å². The molecule has 1 N–H and O–H groups in total. The molecule has 2 heterocycles. The summed E-state index contributed by atoms with van der Waals surface area (Å²) in [5, 5.41) is 10.4. The summed E-state index contributed by atoms with van der Waals surface area (Å²) in [6, 6.07) is 3.66. The van der Waals surface area contributed by atoms with Crippen molar-refractivity contribution in [3.8, 4) is 0 Å². The van der Waals surface area contributed by atoms with E-state index in [1.54, 1.807) is 13.0 Å².